The number of rotatable bonds is 35. The van der Waals surface area contributed by atoms with Crippen LogP contribution in [0.5, 0.6) is 0 Å². The molecule has 0 radical (unpaired) electrons. The molecule has 2 atom stereocenters. The third kappa shape index (κ3) is 34.2. The lowest BCUT2D eigenvalue weighted by Crippen LogP contribution is -2.40. The lowest BCUT2D eigenvalue weighted by Gasteiger charge is -2.21. The van der Waals surface area contributed by atoms with E-state index >= 15 is 0 Å². The van der Waals surface area contributed by atoms with Gasteiger partial charge in [0.15, 0.2) is 0 Å². The summed E-state index contributed by atoms with van der Waals surface area (Å²) in [5.74, 6) is 0. The van der Waals surface area contributed by atoms with Crippen LogP contribution >= 0.6 is 0 Å². The fraction of sp³-hybridized carbons (Fsp3) is 1.00. The van der Waals surface area contributed by atoms with Gasteiger partial charge in [0.1, 0.15) is 0 Å². The Morgan fingerprint density at radius 3 is 1.34 bits per heavy atom. The zero-order chi connectivity index (χ0) is 30.1. The summed E-state index contributed by atoms with van der Waals surface area (Å²) in [7, 11) is 3.99. The Kier molecular flexibility index (Phi) is 34.1. The maximum absolute atomic E-state index is 10.2. The minimum atomic E-state index is -0.357. The van der Waals surface area contributed by atoms with E-state index in [0.29, 0.717) is 19.7 Å². The van der Waals surface area contributed by atoms with Gasteiger partial charge >= 0.3 is 0 Å². The standard InChI is InChI=1S/C36H76N2O3/c1-5-7-9-11-13-15-17-19-21-23-25-27-29-40-34-36(32-37-31-35(39)33-38(3)4)41-30-28-26-24-22-20-18-16-14-12-10-8-6-2/h35-37,39H,5-34H2,1-4H3. The zero-order valence-corrected chi connectivity index (χ0v) is 28.6. The molecule has 248 valence electrons. The van der Waals surface area contributed by atoms with Crippen molar-refractivity contribution in [1.82, 2.24) is 10.2 Å². The first-order valence-corrected chi connectivity index (χ1v) is 18.3. The third-order valence-electron chi connectivity index (χ3n) is 8.13. The molecule has 0 aromatic heterocycles. The first-order valence-electron chi connectivity index (χ1n) is 18.3. The first kappa shape index (κ1) is 40.8. The van der Waals surface area contributed by atoms with E-state index in [-0.39, 0.29) is 12.2 Å². The first-order chi connectivity index (χ1) is 20.1. The van der Waals surface area contributed by atoms with Crippen molar-refractivity contribution in [3.8, 4) is 0 Å². The van der Waals surface area contributed by atoms with Crippen LogP contribution in [0.15, 0.2) is 0 Å². The highest BCUT2D eigenvalue weighted by atomic mass is 16.5. The van der Waals surface area contributed by atoms with Gasteiger partial charge in [0.05, 0.1) is 18.8 Å². The van der Waals surface area contributed by atoms with Crippen molar-refractivity contribution >= 4 is 0 Å². The highest BCUT2D eigenvalue weighted by Gasteiger charge is 2.11. The second-order valence-electron chi connectivity index (χ2n) is 12.9. The van der Waals surface area contributed by atoms with Crippen LogP contribution < -0.4 is 5.32 Å². The molecule has 41 heavy (non-hydrogen) atoms. The number of hydrogen-bond acceptors (Lipinski definition) is 5. The van der Waals surface area contributed by atoms with Crippen molar-refractivity contribution in [2.45, 2.75) is 180 Å². The summed E-state index contributed by atoms with van der Waals surface area (Å²) in [4.78, 5) is 2.02. The van der Waals surface area contributed by atoms with Gasteiger partial charge in [-0.25, -0.2) is 0 Å². The average molecular weight is 585 g/mol. The lowest BCUT2D eigenvalue weighted by atomic mass is 10.1. The maximum atomic E-state index is 10.2. The molecule has 0 heterocycles. The minimum absolute atomic E-state index is 0.0617. The van der Waals surface area contributed by atoms with E-state index in [1.54, 1.807) is 0 Å². The Labute approximate surface area is 258 Å². The van der Waals surface area contributed by atoms with Crippen molar-refractivity contribution in [3.63, 3.8) is 0 Å². The van der Waals surface area contributed by atoms with Gasteiger partial charge in [-0.1, -0.05) is 155 Å². The number of aliphatic hydroxyl groups excluding tert-OH is 1. The Morgan fingerprint density at radius 2 is 0.927 bits per heavy atom. The molecule has 5 nitrogen and oxygen atoms in total. The van der Waals surface area contributed by atoms with Crippen LogP contribution in [0.3, 0.4) is 0 Å². The van der Waals surface area contributed by atoms with Crippen LogP contribution in [0.2, 0.25) is 0 Å². The zero-order valence-electron chi connectivity index (χ0n) is 28.6. The van der Waals surface area contributed by atoms with Gasteiger partial charge in [0, 0.05) is 32.8 Å². The van der Waals surface area contributed by atoms with E-state index < -0.39 is 0 Å². The predicted octanol–water partition coefficient (Wildman–Crippen LogP) is 9.30. The van der Waals surface area contributed by atoms with Crippen molar-refractivity contribution < 1.29 is 14.6 Å². The van der Waals surface area contributed by atoms with Crippen LogP contribution in [0, 0.1) is 0 Å². The third-order valence-corrected chi connectivity index (χ3v) is 8.13. The summed E-state index contributed by atoms with van der Waals surface area (Å²) in [5, 5.41) is 13.6. The van der Waals surface area contributed by atoms with Crippen LogP contribution in [0.1, 0.15) is 168 Å². The number of likely N-dealkylation sites (N-methyl/N-ethyl adjacent to an activating group) is 1. The fourth-order valence-electron chi connectivity index (χ4n) is 5.52. The normalized spacial score (nSPS) is 13.3. The SMILES string of the molecule is CCCCCCCCCCCCCCOCC(CNCC(O)CN(C)C)OCCCCCCCCCCCCCC. The van der Waals surface area contributed by atoms with Crippen molar-refractivity contribution in [3.05, 3.63) is 0 Å². The van der Waals surface area contributed by atoms with Crippen LogP contribution in [-0.4, -0.2) is 75.8 Å². The van der Waals surface area contributed by atoms with Gasteiger partial charge in [0.25, 0.3) is 0 Å². The number of aliphatic hydroxyl groups is 1. The molecule has 2 unspecified atom stereocenters. The Bertz CT molecular complexity index is 478. The molecule has 0 amide bonds. The van der Waals surface area contributed by atoms with Gasteiger partial charge in [-0.3, -0.25) is 0 Å². The fourth-order valence-corrected chi connectivity index (χ4v) is 5.52. The number of unbranched alkanes of at least 4 members (excludes halogenated alkanes) is 22. The summed E-state index contributed by atoms with van der Waals surface area (Å²) in [6.07, 6.45) is 32.5. The molecule has 2 N–H and O–H groups in total. The molecule has 0 saturated heterocycles. The van der Waals surface area contributed by atoms with Gasteiger partial charge < -0.3 is 24.8 Å². The number of nitrogens with one attached hydrogen (secondary N) is 1. The highest BCUT2D eigenvalue weighted by Crippen LogP contribution is 2.13. The van der Waals surface area contributed by atoms with Crippen molar-refractivity contribution in [2.75, 3.05) is 53.6 Å². The smallest absolute Gasteiger partial charge is 0.0932 e. The van der Waals surface area contributed by atoms with Gasteiger partial charge in [-0.05, 0) is 26.9 Å². The van der Waals surface area contributed by atoms with Gasteiger partial charge in [-0.2, -0.15) is 0 Å². The monoisotopic (exact) mass is 585 g/mol. The highest BCUT2D eigenvalue weighted by molar-refractivity contribution is 4.67. The predicted molar refractivity (Wildman–Crippen MR) is 180 cm³/mol. The van der Waals surface area contributed by atoms with Crippen LogP contribution in [-0.2, 0) is 9.47 Å². The molecule has 0 aromatic rings. The molecular formula is C36H76N2O3. The van der Waals surface area contributed by atoms with E-state index in [2.05, 4.69) is 19.2 Å². The molecule has 0 saturated carbocycles. The molecular weight excluding hydrogens is 508 g/mol. The lowest BCUT2D eigenvalue weighted by molar-refractivity contribution is -0.0188. The van der Waals surface area contributed by atoms with Crippen molar-refractivity contribution in [2.24, 2.45) is 0 Å². The average Bonchev–Trinajstić information content (AvgIpc) is 2.94. The topological polar surface area (TPSA) is 54.0 Å². The summed E-state index contributed by atoms with van der Waals surface area (Å²) in [6.45, 7) is 8.87. The molecule has 5 heteroatoms. The minimum Gasteiger partial charge on any atom is -0.390 e. The maximum Gasteiger partial charge on any atom is 0.0932 e. The molecule has 0 aliphatic rings. The molecule has 0 bridgehead atoms. The van der Waals surface area contributed by atoms with Crippen molar-refractivity contribution in [1.29, 1.82) is 0 Å². The van der Waals surface area contributed by atoms with E-state index in [0.717, 1.165) is 32.6 Å². The van der Waals surface area contributed by atoms with Gasteiger partial charge in [-0.15, -0.1) is 0 Å². The second kappa shape index (κ2) is 34.3. The van der Waals surface area contributed by atoms with E-state index in [4.69, 9.17) is 9.47 Å². The molecule has 0 rings (SSSR count). The van der Waals surface area contributed by atoms with Crippen LogP contribution in [0.4, 0.5) is 0 Å². The molecule has 0 aliphatic heterocycles. The summed E-state index contributed by atoms with van der Waals surface area (Å²) in [5.41, 5.74) is 0. The van der Waals surface area contributed by atoms with E-state index in [9.17, 15) is 5.11 Å². The summed E-state index contributed by atoms with van der Waals surface area (Å²) < 4.78 is 12.3. The molecule has 0 aliphatic carbocycles. The number of hydrogen-bond donors (Lipinski definition) is 2. The molecule has 0 spiro atoms. The number of nitrogens with zero attached hydrogens (tertiary/aromatic N) is 1. The van der Waals surface area contributed by atoms with E-state index in [1.807, 2.05) is 19.0 Å². The van der Waals surface area contributed by atoms with Gasteiger partial charge in [0.2, 0.25) is 0 Å². The number of ether oxygens (including phenoxy) is 2. The van der Waals surface area contributed by atoms with Crippen LogP contribution in [0.25, 0.3) is 0 Å². The Balaban J connectivity index is 3.87. The van der Waals surface area contributed by atoms with E-state index in [1.165, 1.54) is 141 Å². The molecule has 0 fully saturated rings. The quantitative estimate of drug-likeness (QED) is 0.0727. The Morgan fingerprint density at radius 1 is 0.537 bits per heavy atom. The largest absolute Gasteiger partial charge is 0.390 e. The summed E-state index contributed by atoms with van der Waals surface area (Å²) >= 11 is 0. The Hall–Kier alpha value is -0.200. The second-order valence-corrected chi connectivity index (χ2v) is 12.9. The summed E-state index contributed by atoms with van der Waals surface area (Å²) in [6, 6.07) is 0. The molecule has 0 aromatic carbocycles.